The number of nitrogens with two attached hydrogens (primary N) is 1. The largest absolute Gasteiger partial charge is 0.508 e. The van der Waals surface area contributed by atoms with Gasteiger partial charge >= 0.3 is 5.97 Å². The van der Waals surface area contributed by atoms with Crippen molar-refractivity contribution in [3.63, 3.8) is 0 Å². The summed E-state index contributed by atoms with van der Waals surface area (Å²) in [7, 11) is 0. The minimum absolute atomic E-state index is 0.0906. The molecule has 12 nitrogen and oxygen atoms in total. The molecule has 0 saturated carbocycles. The average Bonchev–Trinajstić information content (AvgIpc) is 2.92. The second-order valence-electron chi connectivity index (χ2n) is 9.38. The molecule has 0 aliphatic carbocycles. The van der Waals surface area contributed by atoms with Gasteiger partial charge in [-0.05, 0) is 48.7 Å². The van der Waals surface area contributed by atoms with E-state index in [4.69, 9.17) is 5.73 Å². The quantitative estimate of drug-likeness (QED) is 0.187. The van der Waals surface area contributed by atoms with Gasteiger partial charge in [-0.15, -0.1) is 0 Å². The Morgan fingerprint density at radius 3 is 2.32 bits per heavy atom. The Balaban J connectivity index is 2.02. The molecule has 214 valence electrons. The molecule has 3 rings (SSSR count). The number of aliphatic carboxylic acids is 1. The van der Waals surface area contributed by atoms with Crippen molar-refractivity contribution in [2.24, 2.45) is 5.73 Å². The zero-order chi connectivity index (χ0) is 30.3. The maximum Gasteiger partial charge on any atom is 0.305 e. The number of hydrogen-bond donors (Lipinski definition) is 4. The molecule has 1 aromatic heterocycles. The molecule has 0 spiro atoms. The van der Waals surface area contributed by atoms with E-state index in [1.165, 1.54) is 37.3 Å². The first kappa shape index (κ1) is 30.4. The van der Waals surface area contributed by atoms with Crippen LogP contribution in [-0.2, 0) is 32.0 Å². The van der Waals surface area contributed by atoms with Crippen LogP contribution in [0.5, 0.6) is 5.75 Å². The fraction of sp³-hybridized carbons (Fsp3) is 0.241. The Morgan fingerprint density at radius 2 is 1.73 bits per heavy atom. The fourth-order valence-corrected chi connectivity index (χ4v) is 4.36. The van der Waals surface area contributed by atoms with Gasteiger partial charge in [0.15, 0.2) is 5.78 Å². The predicted octanol–water partition coefficient (Wildman–Crippen LogP) is 1.38. The van der Waals surface area contributed by atoms with Gasteiger partial charge in [0, 0.05) is 24.6 Å². The number of carboxylic acids is 1. The number of anilines is 1. The summed E-state index contributed by atoms with van der Waals surface area (Å²) in [6.07, 6.45) is -0.444. The number of rotatable bonds is 12. The third-order valence-electron chi connectivity index (χ3n) is 6.27. The van der Waals surface area contributed by atoms with Crippen LogP contribution in [0.4, 0.5) is 5.69 Å². The van der Waals surface area contributed by atoms with Crippen molar-refractivity contribution in [3.8, 4) is 5.75 Å². The molecule has 5 N–H and O–H groups in total. The van der Waals surface area contributed by atoms with Crippen molar-refractivity contribution in [2.45, 2.75) is 45.2 Å². The van der Waals surface area contributed by atoms with E-state index < -0.39 is 41.8 Å². The van der Waals surface area contributed by atoms with Gasteiger partial charge in [-0.1, -0.05) is 36.4 Å². The van der Waals surface area contributed by atoms with Gasteiger partial charge in [0.1, 0.15) is 23.8 Å². The molecular formula is C29H30N4O8. The molecule has 1 heterocycles. The number of hydrogen-bond acceptors (Lipinski definition) is 8. The van der Waals surface area contributed by atoms with E-state index in [1.54, 1.807) is 30.3 Å². The number of amides is 2. The Hall–Kier alpha value is -5.10. The highest BCUT2D eigenvalue weighted by atomic mass is 16.4. The number of nitrogens with zero attached hydrogens (tertiary/aromatic N) is 2. The van der Waals surface area contributed by atoms with Gasteiger partial charge in [0.2, 0.25) is 11.8 Å². The molecule has 1 unspecified atom stereocenters. The minimum atomic E-state index is -1.51. The number of nitrogens with one attached hydrogen (secondary N) is 1. The first-order valence-electron chi connectivity index (χ1n) is 12.6. The molecule has 0 saturated heterocycles. The van der Waals surface area contributed by atoms with Crippen LogP contribution in [0.2, 0.25) is 0 Å². The van der Waals surface area contributed by atoms with Crippen molar-refractivity contribution < 1.29 is 34.2 Å². The summed E-state index contributed by atoms with van der Waals surface area (Å²) in [5, 5.41) is 22.2. The summed E-state index contributed by atoms with van der Waals surface area (Å²) in [4.78, 5) is 74.7. The van der Waals surface area contributed by atoms with Crippen LogP contribution >= 0.6 is 0 Å². The van der Waals surface area contributed by atoms with Crippen LogP contribution in [-0.4, -0.2) is 56.8 Å². The molecule has 0 fully saturated rings. The molecule has 0 radical (unpaired) electrons. The zero-order valence-corrected chi connectivity index (χ0v) is 22.4. The molecule has 0 aliphatic heterocycles. The standard InChI is InChI=1S/C29H30N4O8/c1-17(35)24-15-23(37)10-8-20(24)13-25(30)28(40)31-26-11-9-21(12-19-6-4-3-5-7-19)33(29(26)41)32(18(2)36)22(16-34)14-27(38)39/h3-11,15-16,22,25,37H,12-14,30H2,1-2H3,(H,31,40)(H,38,39)/t22?,25-/m0/s1. The number of phenols is 1. The number of pyridine rings is 1. The lowest BCUT2D eigenvalue weighted by Gasteiger charge is -2.30. The second kappa shape index (κ2) is 13.3. The van der Waals surface area contributed by atoms with Crippen molar-refractivity contribution in [3.05, 3.63) is 93.4 Å². The predicted molar refractivity (Wildman–Crippen MR) is 149 cm³/mol. The smallest absolute Gasteiger partial charge is 0.305 e. The number of Topliss-reactive ketones (excluding diaryl/α,β-unsaturated/α-hetero) is 1. The van der Waals surface area contributed by atoms with E-state index in [-0.39, 0.29) is 47.6 Å². The topological polar surface area (TPSA) is 189 Å². The van der Waals surface area contributed by atoms with Gasteiger partial charge in [0.05, 0.1) is 12.5 Å². The summed E-state index contributed by atoms with van der Waals surface area (Å²) in [5.74, 6) is -3.38. The number of carbonyl (C=O) groups excluding carboxylic acids is 4. The maximum absolute atomic E-state index is 13.7. The second-order valence-corrected chi connectivity index (χ2v) is 9.38. The number of ketones is 1. The molecule has 2 aromatic carbocycles. The molecule has 0 aliphatic rings. The number of carboxylic acid groups (broad SMARTS) is 1. The van der Waals surface area contributed by atoms with Crippen LogP contribution in [0.15, 0.2) is 65.5 Å². The molecule has 12 heteroatoms. The first-order chi connectivity index (χ1) is 19.4. The highest BCUT2D eigenvalue weighted by Gasteiger charge is 2.29. The number of phenolic OH excluding ortho intramolecular Hbond substituents is 1. The van der Waals surface area contributed by atoms with Crippen molar-refractivity contribution in [1.82, 2.24) is 4.68 Å². The Morgan fingerprint density at radius 1 is 1.05 bits per heavy atom. The summed E-state index contributed by atoms with van der Waals surface area (Å²) in [6, 6.07) is 13.1. The lowest BCUT2D eigenvalue weighted by atomic mass is 9.97. The highest BCUT2D eigenvalue weighted by Crippen LogP contribution is 2.19. The van der Waals surface area contributed by atoms with E-state index in [0.717, 1.165) is 22.2 Å². The van der Waals surface area contributed by atoms with Gasteiger partial charge in [0.25, 0.3) is 5.56 Å². The monoisotopic (exact) mass is 562 g/mol. The highest BCUT2D eigenvalue weighted by molar-refractivity contribution is 5.97. The Bertz CT molecular complexity index is 1530. The first-order valence-corrected chi connectivity index (χ1v) is 12.6. The van der Waals surface area contributed by atoms with Crippen LogP contribution in [0.1, 0.15) is 47.4 Å². The molecular weight excluding hydrogens is 532 g/mol. The van der Waals surface area contributed by atoms with E-state index in [0.29, 0.717) is 5.56 Å². The summed E-state index contributed by atoms with van der Waals surface area (Å²) in [6.45, 7) is 2.39. The van der Waals surface area contributed by atoms with E-state index >= 15 is 0 Å². The molecule has 2 amide bonds. The third-order valence-corrected chi connectivity index (χ3v) is 6.27. The van der Waals surface area contributed by atoms with Gasteiger partial charge in [-0.3, -0.25) is 24.0 Å². The van der Waals surface area contributed by atoms with E-state index in [1.807, 2.05) is 0 Å². The number of aldehydes is 1. The maximum atomic E-state index is 13.7. The van der Waals surface area contributed by atoms with Gasteiger partial charge < -0.3 is 26.1 Å². The lowest BCUT2D eigenvalue weighted by Crippen LogP contribution is -2.54. The molecule has 0 bridgehead atoms. The number of aromatic hydroxyl groups is 1. The van der Waals surface area contributed by atoms with Crippen molar-refractivity contribution in [2.75, 3.05) is 10.3 Å². The van der Waals surface area contributed by atoms with E-state index in [2.05, 4.69) is 5.32 Å². The number of aromatic nitrogens is 1. The van der Waals surface area contributed by atoms with E-state index in [9.17, 15) is 39.0 Å². The fourth-order valence-electron chi connectivity index (χ4n) is 4.36. The van der Waals surface area contributed by atoms with Crippen LogP contribution < -0.4 is 21.6 Å². The van der Waals surface area contributed by atoms with Gasteiger partial charge in [-0.25, -0.2) is 9.69 Å². The molecule has 41 heavy (non-hydrogen) atoms. The van der Waals surface area contributed by atoms with Crippen molar-refractivity contribution >= 4 is 35.5 Å². The minimum Gasteiger partial charge on any atom is -0.508 e. The SMILES string of the molecule is CC(=O)c1cc(O)ccc1C[C@H](N)C(=O)Nc1ccc(Cc2ccccc2)n(N(C(C)=O)C(C=O)CC(=O)O)c1=O. The summed E-state index contributed by atoms with van der Waals surface area (Å²) < 4.78 is 0.895. The number of carbonyl (C=O) groups is 5. The normalized spacial score (nSPS) is 12.2. The lowest BCUT2D eigenvalue weighted by molar-refractivity contribution is -0.138. The van der Waals surface area contributed by atoms with Gasteiger partial charge in [-0.2, -0.15) is 0 Å². The van der Waals surface area contributed by atoms with Crippen LogP contribution in [0.3, 0.4) is 0 Å². The zero-order valence-electron chi connectivity index (χ0n) is 22.4. The average molecular weight is 563 g/mol. The summed E-state index contributed by atoms with van der Waals surface area (Å²) in [5.41, 5.74) is 6.55. The molecule has 2 atom stereocenters. The number of benzene rings is 2. The summed E-state index contributed by atoms with van der Waals surface area (Å²) >= 11 is 0. The van der Waals surface area contributed by atoms with Crippen LogP contribution in [0.25, 0.3) is 0 Å². The van der Waals surface area contributed by atoms with Crippen molar-refractivity contribution in [1.29, 1.82) is 0 Å². The Kier molecular flexibility index (Phi) is 9.88. The Labute approximate surface area is 235 Å². The third kappa shape index (κ3) is 7.51. The molecule has 3 aromatic rings. The van der Waals surface area contributed by atoms with Crippen LogP contribution in [0, 0.1) is 0 Å².